The predicted octanol–water partition coefficient (Wildman–Crippen LogP) is 4.75. The summed E-state index contributed by atoms with van der Waals surface area (Å²) in [6.07, 6.45) is 9.75. The Morgan fingerprint density at radius 1 is 1.29 bits per heavy atom. The third-order valence-corrected chi connectivity index (χ3v) is 5.30. The molecule has 0 spiro atoms. The van der Waals surface area contributed by atoms with Gasteiger partial charge in [0, 0.05) is 25.2 Å². The zero-order chi connectivity index (χ0) is 22.2. The number of aromatic nitrogens is 1. The molecule has 0 saturated carbocycles. The number of carbonyl (C=O) groups is 1. The van der Waals surface area contributed by atoms with Gasteiger partial charge in [0.2, 0.25) is 0 Å². The van der Waals surface area contributed by atoms with Crippen LogP contribution in [0, 0.1) is 17.6 Å². The first-order valence-corrected chi connectivity index (χ1v) is 10.3. The molecule has 1 amide bonds. The Bertz CT molecular complexity index is 973. The third kappa shape index (κ3) is 6.46. The standard InChI is InChI=1S/C24H27F2N3O2/c1-3-4-5-6-17(2)16-29-11-9-18(10-12-29)15-27-24(30)22-14-23(31-28-22)20-8-7-19(25)13-21(20)26/h3-8,13-14,18H,1,9-12,15-16H2,2H3,(H,27,30)/b5-4-,17-6+. The van der Waals surface area contributed by atoms with E-state index in [1.54, 1.807) is 6.08 Å². The smallest absolute Gasteiger partial charge is 0.273 e. The molecule has 1 aliphatic rings. The minimum absolute atomic E-state index is 0.0599. The van der Waals surface area contributed by atoms with Gasteiger partial charge in [-0.2, -0.15) is 0 Å². The van der Waals surface area contributed by atoms with E-state index in [0.29, 0.717) is 12.5 Å². The molecule has 2 heterocycles. The van der Waals surface area contributed by atoms with E-state index in [0.717, 1.165) is 44.6 Å². The maximum Gasteiger partial charge on any atom is 0.273 e. The van der Waals surface area contributed by atoms with Gasteiger partial charge in [-0.3, -0.25) is 9.69 Å². The number of nitrogens with zero attached hydrogens (tertiary/aromatic N) is 2. The van der Waals surface area contributed by atoms with Crippen molar-refractivity contribution < 1.29 is 18.1 Å². The van der Waals surface area contributed by atoms with E-state index in [4.69, 9.17) is 4.52 Å². The van der Waals surface area contributed by atoms with Crippen LogP contribution in [0.3, 0.4) is 0 Å². The van der Waals surface area contributed by atoms with Gasteiger partial charge in [0.1, 0.15) is 11.6 Å². The lowest BCUT2D eigenvalue weighted by molar-refractivity contribution is 0.0928. The van der Waals surface area contributed by atoms with E-state index in [2.05, 4.69) is 35.0 Å². The Hall–Kier alpha value is -3.06. The number of carbonyl (C=O) groups excluding carboxylic acids is 1. The molecule has 0 atom stereocenters. The summed E-state index contributed by atoms with van der Waals surface area (Å²) in [6, 6.07) is 4.51. The summed E-state index contributed by atoms with van der Waals surface area (Å²) in [5.41, 5.74) is 1.43. The first-order valence-electron chi connectivity index (χ1n) is 10.3. The van der Waals surface area contributed by atoms with Crippen molar-refractivity contribution in [2.75, 3.05) is 26.2 Å². The van der Waals surface area contributed by atoms with Gasteiger partial charge in [0.15, 0.2) is 11.5 Å². The van der Waals surface area contributed by atoms with Crippen LogP contribution in [0.5, 0.6) is 0 Å². The highest BCUT2D eigenvalue weighted by Gasteiger charge is 2.21. The van der Waals surface area contributed by atoms with Gasteiger partial charge < -0.3 is 9.84 Å². The van der Waals surface area contributed by atoms with Crippen molar-refractivity contribution in [3.63, 3.8) is 0 Å². The number of nitrogens with one attached hydrogen (secondary N) is 1. The average Bonchev–Trinajstić information content (AvgIpc) is 3.23. The van der Waals surface area contributed by atoms with Gasteiger partial charge in [0.05, 0.1) is 5.56 Å². The molecular formula is C24H27F2N3O2. The monoisotopic (exact) mass is 427 g/mol. The minimum atomic E-state index is -0.767. The molecule has 7 heteroatoms. The molecule has 1 aromatic carbocycles. The molecule has 31 heavy (non-hydrogen) atoms. The third-order valence-electron chi connectivity index (χ3n) is 5.30. The van der Waals surface area contributed by atoms with Crippen molar-refractivity contribution in [1.29, 1.82) is 0 Å². The molecule has 1 saturated heterocycles. The molecule has 5 nitrogen and oxygen atoms in total. The summed E-state index contributed by atoms with van der Waals surface area (Å²) in [7, 11) is 0. The number of piperidine rings is 1. The van der Waals surface area contributed by atoms with E-state index < -0.39 is 11.6 Å². The Labute approximate surface area is 181 Å². The molecule has 1 fully saturated rings. The second kappa shape index (κ2) is 10.8. The Kier molecular flexibility index (Phi) is 7.89. The highest BCUT2D eigenvalue weighted by molar-refractivity contribution is 5.93. The van der Waals surface area contributed by atoms with Crippen LogP contribution >= 0.6 is 0 Å². The van der Waals surface area contributed by atoms with Gasteiger partial charge in [-0.15, -0.1) is 0 Å². The number of halogens is 2. The summed E-state index contributed by atoms with van der Waals surface area (Å²) >= 11 is 0. The van der Waals surface area contributed by atoms with Crippen molar-refractivity contribution >= 4 is 5.91 Å². The summed E-state index contributed by atoms with van der Waals surface area (Å²) in [5, 5.41) is 6.61. The van der Waals surface area contributed by atoms with Crippen molar-refractivity contribution in [1.82, 2.24) is 15.4 Å². The highest BCUT2D eigenvalue weighted by atomic mass is 19.1. The Morgan fingerprint density at radius 2 is 2.06 bits per heavy atom. The maximum atomic E-state index is 13.9. The zero-order valence-corrected chi connectivity index (χ0v) is 17.6. The zero-order valence-electron chi connectivity index (χ0n) is 17.6. The van der Waals surface area contributed by atoms with Gasteiger partial charge in [-0.25, -0.2) is 8.78 Å². The van der Waals surface area contributed by atoms with E-state index in [-0.39, 0.29) is 22.9 Å². The number of rotatable bonds is 8. The first kappa shape index (κ1) is 22.6. The fourth-order valence-corrected chi connectivity index (χ4v) is 3.58. The van der Waals surface area contributed by atoms with Crippen LogP contribution in [0.15, 0.2) is 65.2 Å². The number of hydrogen-bond acceptors (Lipinski definition) is 4. The summed E-state index contributed by atoms with van der Waals surface area (Å²) in [5.74, 6) is -1.33. The van der Waals surface area contributed by atoms with Gasteiger partial charge in [-0.1, -0.05) is 41.6 Å². The molecule has 164 valence electrons. The Morgan fingerprint density at radius 3 is 2.77 bits per heavy atom. The summed E-state index contributed by atoms with van der Waals surface area (Å²) in [6.45, 7) is 9.22. The quantitative estimate of drug-likeness (QED) is 0.618. The average molecular weight is 427 g/mol. The molecule has 2 aromatic rings. The topological polar surface area (TPSA) is 58.4 Å². The molecule has 0 unspecified atom stereocenters. The lowest BCUT2D eigenvalue weighted by atomic mass is 9.96. The van der Waals surface area contributed by atoms with E-state index in [1.807, 2.05) is 12.2 Å². The van der Waals surface area contributed by atoms with E-state index in [9.17, 15) is 13.6 Å². The van der Waals surface area contributed by atoms with Crippen LogP contribution in [-0.4, -0.2) is 42.1 Å². The summed E-state index contributed by atoms with van der Waals surface area (Å²) < 4.78 is 32.0. The lowest BCUT2D eigenvalue weighted by Gasteiger charge is -2.32. The van der Waals surface area contributed by atoms with Gasteiger partial charge >= 0.3 is 0 Å². The van der Waals surface area contributed by atoms with Gasteiger partial charge in [0.25, 0.3) is 5.91 Å². The SMILES string of the molecule is C=C/C=C\C=C(/C)CN1CCC(CNC(=O)c2cc(-c3ccc(F)cc3F)on2)CC1. The number of hydrogen-bond donors (Lipinski definition) is 1. The normalized spacial score (nSPS) is 16.0. The summed E-state index contributed by atoms with van der Waals surface area (Å²) in [4.78, 5) is 14.8. The molecule has 0 bridgehead atoms. The fraction of sp³-hybridized carbons (Fsp3) is 0.333. The number of benzene rings is 1. The molecular weight excluding hydrogens is 400 g/mol. The van der Waals surface area contributed by atoms with Gasteiger partial charge in [-0.05, 0) is 50.9 Å². The Balaban J connectivity index is 1.46. The van der Waals surface area contributed by atoms with Crippen molar-refractivity contribution in [2.24, 2.45) is 5.92 Å². The lowest BCUT2D eigenvalue weighted by Crippen LogP contribution is -2.39. The minimum Gasteiger partial charge on any atom is -0.355 e. The van der Waals surface area contributed by atoms with Crippen molar-refractivity contribution in [2.45, 2.75) is 19.8 Å². The molecule has 1 aliphatic heterocycles. The van der Waals surface area contributed by atoms with Crippen LogP contribution in [0.2, 0.25) is 0 Å². The fourth-order valence-electron chi connectivity index (χ4n) is 3.58. The molecule has 3 rings (SSSR count). The van der Waals surface area contributed by atoms with Crippen LogP contribution in [0.25, 0.3) is 11.3 Å². The van der Waals surface area contributed by atoms with Crippen molar-refractivity contribution in [3.05, 3.63) is 78.0 Å². The number of likely N-dealkylation sites (tertiary alicyclic amines) is 1. The van der Waals surface area contributed by atoms with Crippen LogP contribution in [0.4, 0.5) is 8.78 Å². The molecule has 1 N–H and O–H groups in total. The second-order valence-electron chi connectivity index (χ2n) is 7.76. The molecule has 0 aliphatic carbocycles. The number of allylic oxidation sites excluding steroid dienone is 4. The van der Waals surface area contributed by atoms with Crippen molar-refractivity contribution in [3.8, 4) is 11.3 Å². The second-order valence-corrected chi connectivity index (χ2v) is 7.76. The van der Waals surface area contributed by atoms with Crippen LogP contribution in [0.1, 0.15) is 30.3 Å². The molecule has 1 aromatic heterocycles. The maximum absolute atomic E-state index is 13.9. The predicted molar refractivity (Wildman–Crippen MR) is 116 cm³/mol. The van der Waals surface area contributed by atoms with E-state index in [1.165, 1.54) is 17.7 Å². The highest BCUT2D eigenvalue weighted by Crippen LogP contribution is 2.24. The molecule has 0 radical (unpaired) electrons. The van der Waals surface area contributed by atoms with Crippen LogP contribution in [-0.2, 0) is 0 Å². The number of amides is 1. The van der Waals surface area contributed by atoms with E-state index >= 15 is 0 Å². The largest absolute Gasteiger partial charge is 0.355 e. The van der Waals surface area contributed by atoms with Crippen LogP contribution < -0.4 is 5.32 Å². The first-order chi connectivity index (χ1) is 15.0.